The van der Waals surface area contributed by atoms with E-state index >= 15 is 0 Å². The number of hydrogen-bond acceptors (Lipinski definition) is 1. The summed E-state index contributed by atoms with van der Waals surface area (Å²) in [4.78, 5) is 0. The zero-order valence-electron chi connectivity index (χ0n) is 9.72. The van der Waals surface area contributed by atoms with E-state index in [9.17, 15) is 0 Å². The molecule has 0 bridgehead atoms. The van der Waals surface area contributed by atoms with Crippen LogP contribution in [0.25, 0.3) is 0 Å². The summed E-state index contributed by atoms with van der Waals surface area (Å²) in [5.74, 6) is 0. The van der Waals surface area contributed by atoms with Crippen LogP contribution in [0.3, 0.4) is 0 Å². The van der Waals surface area contributed by atoms with E-state index < -0.39 is 0 Å². The molecule has 0 saturated heterocycles. The van der Waals surface area contributed by atoms with Crippen molar-refractivity contribution in [3.63, 3.8) is 0 Å². The number of hydrogen-bond donors (Lipinski definition) is 1. The molecular formula is C13H18Cl3N. The van der Waals surface area contributed by atoms with Crippen molar-refractivity contribution in [2.75, 3.05) is 6.54 Å². The van der Waals surface area contributed by atoms with Gasteiger partial charge in [-0.25, -0.2) is 0 Å². The Morgan fingerprint density at radius 1 is 1.12 bits per heavy atom. The molecule has 1 aromatic rings. The van der Waals surface area contributed by atoms with Crippen LogP contribution in [0, 0.1) is 0 Å². The second-order valence-electron chi connectivity index (χ2n) is 4.67. The Balaban J connectivity index is 0.00000144. The summed E-state index contributed by atoms with van der Waals surface area (Å²) in [5, 5.41) is 1.46. The molecule has 0 unspecified atom stereocenters. The lowest BCUT2D eigenvalue weighted by Gasteiger charge is -2.37. The molecule has 17 heavy (non-hydrogen) atoms. The minimum atomic E-state index is 0. The van der Waals surface area contributed by atoms with Crippen LogP contribution in [0.1, 0.15) is 37.7 Å². The molecule has 0 aliphatic heterocycles. The molecule has 0 aromatic heterocycles. The molecule has 1 aliphatic rings. The first-order valence-electron chi connectivity index (χ1n) is 5.83. The number of halogens is 3. The summed E-state index contributed by atoms with van der Waals surface area (Å²) in [5.41, 5.74) is 7.25. The van der Waals surface area contributed by atoms with Gasteiger partial charge in [0, 0.05) is 22.0 Å². The van der Waals surface area contributed by atoms with Gasteiger partial charge in [0.2, 0.25) is 0 Å². The quantitative estimate of drug-likeness (QED) is 0.849. The summed E-state index contributed by atoms with van der Waals surface area (Å²) in [6.07, 6.45) is 6.09. The van der Waals surface area contributed by atoms with Crippen molar-refractivity contribution in [1.29, 1.82) is 0 Å². The van der Waals surface area contributed by atoms with Crippen molar-refractivity contribution in [2.24, 2.45) is 5.73 Å². The van der Waals surface area contributed by atoms with Gasteiger partial charge in [0.1, 0.15) is 0 Å². The monoisotopic (exact) mass is 293 g/mol. The third-order valence-electron chi connectivity index (χ3n) is 3.70. The fourth-order valence-corrected chi connectivity index (χ4v) is 3.34. The molecule has 1 nitrogen and oxygen atoms in total. The first-order chi connectivity index (χ1) is 7.68. The van der Waals surface area contributed by atoms with Crippen LogP contribution in [-0.2, 0) is 5.41 Å². The van der Waals surface area contributed by atoms with Crippen molar-refractivity contribution < 1.29 is 0 Å². The van der Waals surface area contributed by atoms with Crippen LogP contribution >= 0.6 is 35.6 Å². The molecule has 0 heterocycles. The van der Waals surface area contributed by atoms with Crippen LogP contribution in [-0.4, -0.2) is 6.54 Å². The average molecular weight is 295 g/mol. The molecule has 0 amide bonds. The summed E-state index contributed by atoms with van der Waals surface area (Å²) in [6.45, 7) is 0.675. The Bertz CT molecular complexity index is 373. The number of rotatable bonds is 2. The highest BCUT2D eigenvalue weighted by Gasteiger charge is 2.34. The molecule has 0 radical (unpaired) electrons. The summed E-state index contributed by atoms with van der Waals surface area (Å²) < 4.78 is 0. The van der Waals surface area contributed by atoms with Crippen molar-refractivity contribution >= 4 is 35.6 Å². The van der Waals surface area contributed by atoms with Gasteiger partial charge in [-0.15, -0.1) is 12.4 Å². The predicted octanol–water partition coefficient (Wildman–Crippen LogP) is 4.58. The van der Waals surface area contributed by atoms with Crippen molar-refractivity contribution in [3.05, 3.63) is 33.8 Å². The van der Waals surface area contributed by atoms with E-state index in [1.54, 1.807) is 0 Å². The van der Waals surface area contributed by atoms with Crippen molar-refractivity contribution in [1.82, 2.24) is 0 Å². The Kier molecular flexibility index (Phi) is 5.59. The Morgan fingerprint density at radius 2 is 1.76 bits per heavy atom. The number of nitrogens with two attached hydrogens (primary N) is 1. The summed E-state index contributed by atoms with van der Waals surface area (Å²) >= 11 is 12.2. The van der Waals surface area contributed by atoms with Gasteiger partial charge in [-0.1, -0.05) is 48.5 Å². The first kappa shape index (κ1) is 15.1. The second-order valence-corrected chi connectivity index (χ2v) is 5.51. The van der Waals surface area contributed by atoms with E-state index in [1.165, 1.54) is 24.8 Å². The van der Waals surface area contributed by atoms with Crippen LogP contribution in [0.5, 0.6) is 0 Å². The molecule has 1 aromatic carbocycles. The lowest BCUT2D eigenvalue weighted by molar-refractivity contribution is 0.301. The maximum atomic E-state index is 6.29. The maximum Gasteiger partial charge on any atom is 0.0458 e. The SMILES string of the molecule is Cl.NCC1(c2ccc(Cl)cc2Cl)CCCCC1. The molecule has 1 aliphatic carbocycles. The normalized spacial score (nSPS) is 18.5. The molecule has 1 saturated carbocycles. The standard InChI is InChI=1S/C13H17Cl2N.ClH/c14-10-4-5-11(12(15)8-10)13(9-16)6-2-1-3-7-13;/h4-5,8H,1-3,6-7,9,16H2;1H. The maximum absolute atomic E-state index is 6.29. The van der Waals surface area contributed by atoms with Crippen molar-refractivity contribution in [2.45, 2.75) is 37.5 Å². The van der Waals surface area contributed by atoms with Crippen LogP contribution < -0.4 is 5.73 Å². The van der Waals surface area contributed by atoms with E-state index in [4.69, 9.17) is 28.9 Å². The predicted molar refractivity (Wildman–Crippen MR) is 77.5 cm³/mol. The molecule has 96 valence electrons. The third kappa shape index (κ3) is 3.08. The molecule has 4 heteroatoms. The molecule has 2 N–H and O–H groups in total. The third-order valence-corrected chi connectivity index (χ3v) is 4.25. The Hall–Kier alpha value is 0.0500. The second kappa shape index (κ2) is 6.29. The van der Waals surface area contributed by atoms with Crippen LogP contribution in [0.4, 0.5) is 0 Å². The van der Waals surface area contributed by atoms with Gasteiger partial charge in [-0.05, 0) is 30.5 Å². The molecule has 0 spiro atoms. The zero-order chi connectivity index (χ0) is 11.6. The van der Waals surface area contributed by atoms with Gasteiger partial charge >= 0.3 is 0 Å². The van der Waals surface area contributed by atoms with E-state index in [0.29, 0.717) is 11.6 Å². The number of benzene rings is 1. The van der Waals surface area contributed by atoms with E-state index in [-0.39, 0.29) is 17.8 Å². The van der Waals surface area contributed by atoms with Gasteiger partial charge in [0.25, 0.3) is 0 Å². The lowest BCUT2D eigenvalue weighted by atomic mass is 9.69. The highest BCUT2D eigenvalue weighted by Crippen LogP contribution is 2.42. The Labute approximate surface area is 119 Å². The minimum absolute atomic E-state index is 0. The Morgan fingerprint density at radius 3 is 2.29 bits per heavy atom. The smallest absolute Gasteiger partial charge is 0.0458 e. The molecule has 2 rings (SSSR count). The highest BCUT2D eigenvalue weighted by molar-refractivity contribution is 6.35. The van der Waals surface area contributed by atoms with E-state index in [2.05, 4.69) is 0 Å². The zero-order valence-corrected chi connectivity index (χ0v) is 12.0. The van der Waals surface area contributed by atoms with Gasteiger partial charge in [0.05, 0.1) is 0 Å². The molecular weight excluding hydrogens is 277 g/mol. The van der Waals surface area contributed by atoms with Gasteiger partial charge < -0.3 is 5.73 Å². The van der Waals surface area contributed by atoms with Gasteiger partial charge in [-0.3, -0.25) is 0 Å². The molecule has 1 fully saturated rings. The largest absolute Gasteiger partial charge is 0.330 e. The van der Waals surface area contributed by atoms with Crippen molar-refractivity contribution in [3.8, 4) is 0 Å². The average Bonchev–Trinajstić information content (AvgIpc) is 2.30. The fraction of sp³-hybridized carbons (Fsp3) is 0.538. The summed E-state index contributed by atoms with van der Waals surface area (Å²) in [7, 11) is 0. The van der Waals surface area contributed by atoms with E-state index in [1.807, 2.05) is 18.2 Å². The van der Waals surface area contributed by atoms with Crippen LogP contribution in [0.2, 0.25) is 10.0 Å². The molecule has 0 atom stereocenters. The van der Waals surface area contributed by atoms with Gasteiger partial charge in [-0.2, -0.15) is 0 Å². The first-order valence-corrected chi connectivity index (χ1v) is 6.59. The van der Waals surface area contributed by atoms with Crippen LogP contribution in [0.15, 0.2) is 18.2 Å². The summed E-state index contributed by atoms with van der Waals surface area (Å²) in [6, 6.07) is 5.78. The fourth-order valence-electron chi connectivity index (χ4n) is 2.73. The minimum Gasteiger partial charge on any atom is -0.330 e. The lowest BCUT2D eigenvalue weighted by Crippen LogP contribution is -2.37. The topological polar surface area (TPSA) is 26.0 Å². The van der Waals surface area contributed by atoms with Gasteiger partial charge in [0.15, 0.2) is 0 Å². The highest BCUT2D eigenvalue weighted by atomic mass is 35.5. The van der Waals surface area contributed by atoms with E-state index in [0.717, 1.165) is 17.9 Å².